The fraction of sp³-hybridized carbons (Fsp3) is 0.273. The van der Waals surface area contributed by atoms with Crippen molar-refractivity contribution in [2.24, 2.45) is 5.10 Å². The first kappa shape index (κ1) is 13.4. The van der Waals surface area contributed by atoms with Gasteiger partial charge in [0.2, 0.25) is 5.11 Å². The molecule has 0 aliphatic carbocycles. The molecule has 0 unspecified atom stereocenters. The predicted molar refractivity (Wildman–Crippen MR) is 72.8 cm³/mol. The van der Waals surface area contributed by atoms with Crippen molar-refractivity contribution in [3.63, 3.8) is 0 Å². The molecule has 0 heterocycles. The molecule has 0 amide bonds. The third kappa shape index (κ3) is 5.28. The van der Waals surface area contributed by atoms with Crippen molar-refractivity contribution >= 4 is 23.5 Å². The van der Waals surface area contributed by atoms with Gasteiger partial charge in [-0.1, -0.05) is 12.1 Å². The number of hydrogen-bond donors (Lipinski definition) is 4. The molecule has 17 heavy (non-hydrogen) atoms. The standard InChI is InChI=1S/C11H16N4OS/c1-8(2)13-15-11(17)14-12-7-9-5-3-4-6-10(9)16/h3-8,13,16H,1-2H3,(H2,14,15,17). The Morgan fingerprint density at radius 2 is 2.12 bits per heavy atom. The molecule has 1 rings (SSSR count). The van der Waals surface area contributed by atoms with Gasteiger partial charge < -0.3 is 5.11 Å². The molecule has 0 atom stereocenters. The van der Waals surface area contributed by atoms with E-state index in [1.54, 1.807) is 18.2 Å². The molecule has 1 aromatic carbocycles. The second-order valence-corrected chi connectivity index (χ2v) is 4.09. The summed E-state index contributed by atoms with van der Waals surface area (Å²) in [6.45, 7) is 3.97. The first-order chi connectivity index (χ1) is 8.09. The van der Waals surface area contributed by atoms with Crippen LogP contribution in [0, 0.1) is 0 Å². The Morgan fingerprint density at radius 1 is 1.41 bits per heavy atom. The van der Waals surface area contributed by atoms with E-state index in [1.165, 1.54) is 6.21 Å². The summed E-state index contributed by atoms with van der Waals surface area (Å²) < 4.78 is 0. The summed E-state index contributed by atoms with van der Waals surface area (Å²) in [5, 5.41) is 13.7. The summed E-state index contributed by atoms with van der Waals surface area (Å²) in [4.78, 5) is 0. The van der Waals surface area contributed by atoms with Crippen molar-refractivity contribution < 1.29 is 5.11 Å². The Kier molecular flexibility index (Phi) is 5.38. The van der Waals surface area contributed by atoms with Crippen LogP contribution in [0.3, 0.4) is 0 Å². The van der Waals surface area contributed by atoms with Crippen LogP contribution in [-0.4, -0.2) is 22.5 Å². The van der Waals surface area contributed by atoms with Crippen molar-refractivity contribution in [2.75, 3.05) is 0 Å². The highest BCUT2D eigenvalue weighted by atomic mass is 32.1. The number of thiocarbonyl (C=S) groups is 1. The number of phenolic OH excluding ortho intramolecular Hbond substituents is 1. The van der Waals surface area contributed by atoms with E-state index in [9.17, 15) is 5.11 Å². The molecule has 0 spiro atoms. The van der Waals surface area contributed by atoms with E-state index in [0.717, 1.165) is 0 Å². The zero-order valence-electron chi connectivity index (χ0n) is 9.77. The van der Waals surface area contributed by atoms with E-state index in [4.69, 9.17) is 12.2 Å². The van der Waals surface area contributed by atoms with Crippen LogP contribution in [0.2, 0.25) is 0 Å². The molecular formula is C11H16N4OS. The van der Waals surface area contributed by atoms with Gasteiger partial charge in [0.1, 0.15) is 5.75 Å². The lowest BCUT2D eigenvalue weighted by molar-refractivity contribution is 0.474. The van der Waals surface area contributed by atoms with Gasteiger partial charge in [-0.2, -0.15) is 5.10 Å². The maximum absolute atomic E-state index is 9.47. The number of benzene rings is 1. The summed E-state index contributed by atoms with van der Waals surface area (Å²) in [6.07, 6.45) is 1.50. The molecule has 1 aromatic rings. The third-order valence-corrected chi connectivity index (χ3v) is 1.97. The number of aromatic hydroxyl groups is 1. The maximum atomic E-state index is 9.47. The first-order valence-corrected chi connectivity index (χ1v) is 5.63. The number of hydrazone groups is 1. The molecule has 0 aromatic heterocycles. The Labute approximate surface area is 106 Å². The third-order valence-electron chi connectivity index (χ3n) is 1.78. The summed E-state index contributed by atoms with van der Waals surface area (Å²) in [5.74, 6) is 0.178. The van der Waals surface area contributed by atoms with Gasteiger partial charge in [0.05, 0.1) is 6.21 Å². The predicted octanol–water partition coefficient (Wildman–Crippen LogP) is 1.10. The zero-order valence-corrected chi connectivity index (χ0v) is 10.6. The van der Waals surface area contributed by atoms with Crippen LogP contribution in [0.25, 0.3) is 0 Å². The molecule has 4 N–H and O–H groups in total. The molecule has 0 fully saturated rings. The van der Waals surface area contributed by atoms with Crippen LogP contribution in [0.1, 0.15) is 19.4 Å². The second-order valence-electron chi connectivity index (χ2n) is 3.68. The van der Waals surface area contributed by atoms with Gasteiger partial charge in [0.25, 0.3) is 0 Å². The lowest BCUT2D eigenvalue weighted by Gasteiger charge is -2.10. The summed E-state index contributed by atoms with van der Waals surface area (Å²) in [7, 11) is 0. The molecule has 0 aliphatic rings. The zero-order chi connectivity index (χ0) is 12.7. The Morgan fingerprint density at radius 3 is 2.76 bits per heavy atom. The minimum Gasteiger partial charge on any atom is -0.507 e. The molecule has 0 bridgehead atoms. The lowest BCUT2D eigenvalue weighted by atomic mass is 10.2. The molecule has 0 saturated carbocycles. The summed E-state index contributed by atoms with van der Waals surface area (Å²) >= 11 is 4.96. The van der Waals surface area contributed by atoms with Crippen molar-refractivity contribution in [3.05, 3.63) is 29.8 Å². The van der Waals surface area contributed by atoms with E-state index in [2.05, 4.69) is 21.4 Å². The number of rotatable bonds is 4. The van der Waals surface area contributed by atoms with E-state index in [1.807, 2.05) is 19.9 Å². The molecule has 6 heteroatoms. The van der Waals surface area contributed by atoms with Crippen molar-refractivity contribution in [2.45, 2.75) is 19.9 Å². The monoisotopic (exact) mass is 252 g/mol. The quantitative estimate of drug-likeness (QED) is 0.367. The number of para-hydroxylation sites is 1. The fourth-order valence-electron chi connectivity index (χ4n) is 0.995. The van der Waals surface area contributed by atoms with Gasteiger partial charge in [-0.25, -0.2) is 5.43 Å². The number of hydrazine groups is 1. The van der Waals surface area contributed by atoms with E-state index < -0.39 is 0 Å². The average Bonchev–Trinajstić information content (AvgIpc) is 2.29. The molecule has 0 aliphatic heterocycles. The van der Waals surface area contributed by atoms with Crippen LogP contribution in [0.5, 0.6) is 5.75 Å². The minimum absolute atomic E-state index is 0.178. The van der Waals surface area contributed by atoms with Crippen molar-refractivity contribution in [1.82, 2.24) is 16.3 Å². The molecule has 5 nitrogen and oxygen atoms in total. The highest BCUT2D eigenvalue weighted by Gasteiger charge is 1.96. The topological polar surface area (TPSA) is 68.7 Å². The van der Waals surface area contributed by atoms with E-state index >= 15 is 0 Å². The number of nitrogens with zero attached hydrogens (tertiary/aromatic N) is 1. The molecule has 0 radical (unpaired) electrons. The molecule has 0 saturated heterocycles. The SMILES string of the molecule is CC(C)NNC(=S)NN=Cc1ccccc1O. The highest BCUT2D eigenvalue weighted by molar-refractivity contribution is 7.80. The van der Waals surface area contributed by atoms with Crippen LogP contribution in [0.4, 0.5) is 0 Å². The Bertz CT molecular complexity index is 406. The van der Waals surface area contributed by atoms with Crippen LogP contribution in [0.15, 0.2) is 29.4 Å². The van der Waals surface area contributed by atoms with Crippen LogP contribution in [-0.2, 0) is 0 Å². The van der Waals surface area contributed by atoms with Crippen molar-refractivity contribution in [1.29, 1.82) is 0 Å². The normalized spacial score (nSPS) is 10.8. The lowest BCUT2D eigenvalue weighted by Crippen LogP contribution is -2.45. The van der Waals surface area contributed by atoms with Crippen LogP contribution < -0.4 is 16.3 Å². The van der Waals surface area contributed by atoms with Crippen LogP contribution >= 0.6 is 12.2 Å². The number of phenols is 1. The van der Waals surface area contributed by atoms with Gasteiger partial charge in [-0.15, -0.1) is 0 Å². The van der Waals surface area contributed by atoms with Gasteiger partial charge in [0, 0.05) is 11.6 Å². The largest absolute Gasteiger partial charge is 0.507 e. The second kappa shape index (κ2) is 6.82. The highest BCUT2D eigenvalue weighted by Crippen LogP contribution is 2.12. The Hall–Kier alpha value is -1.66. The van der Waals surface area contributed by atoms with Crippen molar-refractivity contribution in [3.8, 4) is 5.75 Å². The fourth-order valence-corrected chi connectivity index (χ4v) is 1.11. The van der Waals surface area contributed by atoms with E-state index in [-0.39, 0.29) is 11.8 Å². The van der Waals surface area contributed by atoms with E-state index in [0.29, 0.717) is 10.7 Å². The molecular weight excluding hydrogens is 236 g/mol. The first-order valence-electron chi connectivity index (χ1n) is 5.22. The maximum Gasteiger partial charge on any atom is 0.201 e. The molecule has 92 valence electrons. The van der Waals surface area contributed by atoms with Gasteiger partial charge >= 0.3 is 0 Å². The number of nitrogens with one attached hydrogen (secondary N) is 3. The van der Waals surface area contributed by atoms with Gasteiger partial charge in [0.15, 0.2) is 0 Å². The Balaban J connectivity index is 2.40. The average molecular weight is 252 g/mol. The summed E-state index contributed by atoms with van der Waals surface area (Å²) in [6, 6.07) is 7.19. The number of hydrogen-bond acceptors (Lipinski definition) is 4. The van der Waals surface area contributed by atoms with Gasteiger partial charge in [-0.05, 0) is 38.2 Å². The smallest absolute Gasteiger partial charge is 0.201 e. The van der Waals surface area contributed by atoms with Gasteiger partial charge in [-0.3, -0.25) is 10.9 Å². The summed E-state index contributed by atoms with van der Waals surface area (Å²) in [5.41, 5.74) is 8.96. The minimum atomic E-state index is 0.178.